The summed E-state index contributed by atoms with van der Waals surface area (Å²) in [6.07, 6.45) is 0.272. The maximum absolute atomic E-state index is 12.0. The second-order valence-electron chi connectivity index (χ2n) is 4.09. The zero-order valence-electron chi connectivity index (χ0n) is 10.8. The first kappa shape index (κ1) is 17.1. The number of halogens is 1. The van der Waals surface area contributed by atoms with E-state index in [1.165, 1.54) is 18.2 Å². The number of hydrogen-bond acceptors (Lipinski definition) is 4. The van der Waals surface area contributed by atoms with Crippen LogP contribution in [0.5, 0.6) is 0 Å². The minimum atomic E-state index is -3.08. The van der Waals surface area contributed by atoms with Gasteiger partial charge in [0.05, 0.1) is 27.1 Å². The summed E-state index contributed by atoms with van der Waals surface area (Å²) in [6.45, 7) is 1.56. The van der Waals surface area contributed by atoms with Gasteiger partial charge in [0.25, 0.3) is 0 Å². The Labute approximate surface area is 125 Å². The van der Waals surface area contributed by atoms with Gasteiger partial charge >= 0.3 is 5.97 Å². The van der Waals surface area contributed by atoms with Crippen molar-refractivity contribution in [2.75, 3.05) is 17.3 Å². The topological polar surface area (TPSA) is 88.5 Å². The van der Waals surface area contributed by atoms with Crippen LogP contribution in [0, 0.1) is 0 Å². The molecule has 0 aliphatic carbocycles. The lowest BCUT2D eigenvalue weighted by Gasteiger charge is -2.05. The highest BCUT2D eigenvalue weighted by Gasteiger charge is 2.14. The molecular formula is C12H15ClO5S2. The van der Waals surface area contributed by atoms with E-state index in [2.05, 4.69) is 0 Å². The average molecular weight is 339 g/mol. The summed E-state index contributed by atoms with van der Waals surface area (Å²) in [6, 6.07) is 4.12. The predicted molar refractivity (Wildman–Crippen MR) is 78.6 cm³/mol. The molecule has 0 saturated heterocycles. The van der Waals surface area contributed by atoms with Crippen molar-refractivity contribution in [3.63, 3.8) is 0 Å². The molecule has 1 atom stereocenters. The number of aromatic carboxylic acids is 1. The maximum atomic E-state index is 12.0. The lowest BCUT2D eigenvalue weighted by molar-refractivity contribution is 0.0697. The average Bonchev–Trinajstić information content (AvgIpc) is 2.38. The summed E-state index contributed by atoms with van der Waals surface area (Å²) in [5.74, 6) is -0.986. The summed E-state index contributed by atoms with van der Waals surface area (Å²) < 4.78 is 34.6. The van der Waals surface area contributed by atoms with Gasteiger partial charge in [-0.15, -0.1) is 0 Å². The number of carboxylic acid groups (broad SMARTS) is 1. The van der Waals surface area contributed by atoms with Crippen LogP contribution in [0.2, 0.25) is 5.02 Å². The van der Waals surface area contributed by atoms with Crippen molar-refractivity contribution < 1.29 is 22.5 Å². The van der Waals surface area contributed by atoms with Crippen LogP contribution in [0.3, 0.4) is 0 Å². The van der Waals surface area contributed by atoms with E-state index in [0.29, 0.717) is 4.90 Å². The van der Waals surface area contributed by atoms with Gasteiger partial charge in [-0.05, 0) is 24.6 Å². The van der Waals surface area contributed by atoms with Crippen LogP contribution in [-0.2, 0) is 20.6 Å². The fraction of sp³-hybridized carbons (Fsp3) is 0.417. The van der Waals surface area contributed by atoms with Gasteiger partial charge in [0.15, 0.2) is 0 Å². The highest BCUT2D eigenvalue weighted by Crippen LogP contribution is 2.20. The van der Waals surface area contributed by atoms with E-state index >= 15 is 0 Å². The number of rotatable bonds is 7. The number of carbonyl (C=O) groups is 1. The lowest BCUT2D eigenvalue weighted by atomic mass is 10.2. The Kier molecular flexibility index (Phi) is 6.16. The van der Waals surface area contributed by atoms with Gasteiger partial charge in [-0.1, -0.05) is 18.5 Å². The molecule has 0 aliphatic heterocycles. The van der Waals surface area contributed by atoms with Gasteiger partial charge in [-0.25, -0.2) is 13.2 Å². The van der Waals surface area contributed by atoms with Crippen LogP contribution in [-0.4, -0.2) is 41.0 Å². The standard InChI is InChI=1S/C12H15ClO5S2/c1-2-20(17,18)7-3-6-19(16)9-4-5-11(13)10(8-9)12(14)15/h4-5,8H,2-3,6-7H2,1H3,(H,14,15). The van der Waals surface area contributed by atoms with E-state index in [-0.39, 0.29) is 34.3 Å². The van der Waals surface area contributed by atoms with E-state index in [1.807, 2.05) is 0 Å². The molecule has 1 rings (SSSR count). The summed E-state index contributed by atoms with van der Waals surface area (Å²) in [7, 11) is -4.52. The van der Waals surface area contributed by atoms with Crippen molar-refractivity contribution in [3.05, 3.63) is 28.8 Å². The molecule has 0 amide bonds. The molecule has 5 nitrogen and oxygen atoms in total. The van der Waals surface area contributed by atoms with Crippen LogP contribution in [0.1, 0.15) is 23.7 Å². The summed E-state index contributed by atoms with van der Waals surface area (Å²) in [5, 5.41) is 9.00. The second kappa shape index (κ2) is 7.19. The first-order chi connectivity index (χ1) is 9.26. The van der Waals surface area contributed by atoms with Gasteiger partial charge in [0.1, 0.15) is 9.84 Å². The Balaban J connectivity index is 2.74. The van der Waals surface area contributed by atoms with Crippen LogP contribution in [0.4, 0.5) is 0 Å². The first-order valence-corrected chi connectivity index (χ1v) is 9.40. The summed E-state index contributed by atoms with van der Waals surface area (Å²) >= 11 is 5.72. The molecule has 20 heavy (non-hydrogen) atoms. The summed E-state index contributed by atoms with van der Waals surface area (Å²) in [5.41, 5.74) is -0.112. The predicted octanol–water partition coefficient (Wildman–Crippen LogP) is 1.97. The van der Waals surface area contributed by atoms with Gasteiger partial charge in [0.2, 0.25) is 0 Å². The minimum absolute atomic E-state index is 0.0192. The lowest BCUT2D eigenvalue weighted by Crippen LogP contribution is -2.11. The molecule has 1 unspecified atom stereocenters. The molecular weight excluding hydrogens is 324 g/mol. The fourth-order valence-electron chi connectivity index (χ4n) is 1.48. The molecule has 0 radical (unpaired) electrons. The van der Waals surface area contributed by atoms with Crippen molar-refractivity contribution >= 4 is 38.2 Å². The Morgan fingerprint density at radius 2 is 2.05 bits per heavy atom. The van der Waals surface area contributed by atoms with Crippen molar-refractivity contribution in [1.82, 2.24) is 0 Å². The normalized spacial score (nSPS) is 13.1. The van der Waals surface area contributed by atoms with Crippen molar-refractivity contribution in [2.24, 2.45) is 0 Å². The number of benzene rings is 1. The molecule has 0 fully saturated rings. The zero-order chi connectivity index (χ0) is 15.3. The third kappa shape index (κ3) is 4.88. The molecule has 0 aliphatic rings. The third-order valence-corrected chi connectivity index (χ3v) is 6.22. The first-order valence-electron chi connectivity index (χ1n) is 5.88. The Hall–Kier alpha value is -0.920. The van der Waals surface area contributed by atoms with Gasteiger partial charge in [0, 0.05) is 16.4 Å². The quantitative estimate of drug-likeness (QED) is 0.821. The van der Waals surface area contributed by atoms with Crippen LogP contribution in [0.25, 0.3) is 0 Å². The molecule has 1 N–H and O–H groups in total. The van der Waals surface area contributed by atoms with Crippen LogP contribution < -0.4 is 0 Å². The molecule has 0 spiro atoms. The van der Waals surface area contributed by atoms with E-state index < -0.39 is 26.6 Å². The monoisotopic (exact) mass is 338 g/mol. The molecule has 0 aromatic heterocycles. The van der Waals surface area contributed by atoms with E-state index in [1.54, 1.807) is 6.92 Å². The van der Waals surface area contributed by atoms with Gasteiger partial charge < -0.3 is 5.11 Å². The highest BCUT2D eigenvalue weighted by molar-refractivity contribution is 7.91. The third-order valence-electron chi connectivity index (χ3n) is 2.66. The smallest absolute Gasteiger partial charge is 0.337 e. The van der Waals surface area contributed by atoms with Gasteiger partial charge in [-0.3, -0.25) is 4.21 Å². The highest BCUT2D eigenvalue weighted by atomic mass is 35.5. The fourth-order valence-corrected chi connectivity index (χ4v) is 3.85. The SMILES string of the molecule is CCS(=O)(=O)CCCS(=O)c1ccc(Cl)c(C(=O)O)c1. The molecule has 1 aromatic carbocycles. The van der Waals surface area contributed by atoms with Crippen molar-refractivity contribution in [2.45, 2.75) is 18.2 Å². The number of carboxylic acids is 1. The molecule has 112 valence electrons. The zero-order valence-corrected chi connectivity index (χ0v) is 13.2. The number of hydrogen-bond donors (Lipinski definition) is 1. The van der Waals surface area contributed by atoms with E-state index in [4.69, 9.17) is 16.7 Å². The van der Waals surface area contributed by atoms with Crippen LogP contribution in [0.15, 0.2) is 23.1 Å². The van der Waals surface area contributed by atoms with Crippen LogP contribution >= 0.6 is 11.6 Å². The number of sulfone groups is 1. The summed E-state index contributed by atoms with van der Waals surface area (Å²) in [4.78, 5) is 11.3. The van der Waals surface area contributed by atoms with E-state index in [0.717, 1.165) is 0 Å². The molecule has 0 heterocycles. The Morgan fingerprint density at radius 3 is 2.60 bits per heavy atom. The Morgan fingerprint density at radius 1 is 1.40 bits per heavy atom. The largest absolute Gasteiger partial charge is 0.478 e. The molecule has 8 heteroatoms. The molecule has 0 bridgehead atoms. The molecule has 1 aromatic rings. The van der Waals surface area contributed by atoms with Crippen molar-refractivity contribution in [1.29, 1.82) is 0 Å². The van der Waals surface area contributed by atoms with E-state index in [9.17, 15) is 17.4 Å². The minimum Gasteiger partial charge on any atom is -0.478 e. The Bertz CT molecular complexity index is 625. The van der Waals surface area contributed by atoms with Gasteiger partial charge in [-0.2, -0.15) is 0 Å². The molecule has 0 saturated carbocycles. The van der Waals surface area contributed by atoms with Crippen molar-refractivity contribution in [3.8, 4) is 0 Å². The second-order valence-corrected chi connectivity index (χ2v) is 8.54. The maximum Gasteiger partial charge on any atom is 0.337 e.